The van der Waals surface area contributed by atoms with E-state index in [4.69, 9.17) is 0 Å². The molecule has 3 nitrogen and oxygen atoms in total. The van der Waals surface area contributed by atoms with Crippen molar-refractivity contribution in [3.05, 3.63) is 54.1 Å². The summed E-state index contributed by atoms with van der Waals surface area (Å²) in [4.78, 5) is 4.43. The Labute approximate surface area is 121 Å². The van der Waals surface area contributed by atoms with Crippen molar-refractivity contribution < 1.29 is 0 Å². The quantitative estimate of drug-likeness (QED) is 0.874. The third kappa shape index (κ3) is 2.38. The summed E-state index contributed by atoms with van der Waals surface area (Å²) >= 11 is 0. The van der Waals surface area contributed by atoms with Gasteiger partial charge in [0.05, 0.1) is 0 Å². The van der Waals surface area contributed by atoms with E-state index >= 15 is 0 Å². The van der Waals surface area contributed by atoms with Gasteiger partial charge in [0.2, 0.25) is 0 Å². The first-order valence-corrected chi connectivity index (χ1v) is 7.45. The Hall–Kier alpha value is -1.61. The molecule has 1 saturated carbocycles. The number of likely N-dealkylation sites (N-methyl/N-ethyl adjacent to an activating group) is 1. The van der Waals surface area contributed by atoms with Gasteiger partial charge in [0.1, 0.15) is 5.82 Å². The minimum atomic E-state index is 0.348. The summed E-state index contributed by atoms with van der Waals surface area (Å²) in [6, 6.07) is 11.5. The molecule has 2 aromatic rings. The lowest BCUT2D eigenvalue weighted by Gasteiger charge is -2.27. The van der Waals surface area contributed by atoms with E-state index in [1.54, 1.807) is 0 Å². The highest BCUT2D eigenvalue weighted by atomic mass is 15.0. The van der Waals surface area contributed by atoms with Crippen LogP contribution in [0.1, 0.15) is 30.7 Å². The Morgan fingerprint density at radius 3 is 2.60 bits per heavy atom. The predicted molar refractivity (Wildman–Crippen MR) is 81.7 cm³/mol. The van der Waals surface area contributed by atoms with Crippen LogP contribution in [0.3, 0.4) is 0 Å². The Bertz CT molecular complexity index is 555. The van der Waals surface area contributed by atoms with E-state index in [0.717, 1.165) is 12.8 Å². The highest BCUT2D eigenvalue weighted by Crippen LogP contribution is 2.51. The van der Waals surface area contributed by atoms with Crippen LogP contribution in [0.5, 0.6) is 0 Å². The highest BCUT2D eigenvalue weighted by Gasteiger charge is 2.49. The Balaban J connectivity index is 1.72. The molecule has 1 fully saturated rings. The zero-order chi connectivity index (χ0) is 14.0. The number of hydrogen-bond acceptors (Lipinski definition) is 2. The van der Waals surface area contributed by atoms with Crippen LogP contribution in [0.2, 0.25) is 0 Å². The lowest BCUT2D eigenvalue weighted by molar-refractivity contribution is 0.414. The summed E-state index contributed by atoms with van der Waals surface area (Å²) in [5.74, 6) is 1.18. The largest absolute Gasteiger partial charge is 0.338 e. The normalized spacial score (nSPS) is 17.9. The van der Waals surface area contributed by atoms with Gasteiger partial charge < -0.3 is 9.88 Å². The summed E-state index contributed by atoms with van der Waals surface area (Å²) in [6.07, 6.45) is 8.66. The third-order valence-electron chi connectivity index (χ3n) is 4.73. The molecule has 0 spiro atoms. The van der Waals surface area contributed by atoms with E-state index in [-0.39, 0.29) is 0 Å². The zero-order valence-electron chi connectivity index (χ0n) is 12.3. The van der Waals surface area contributed by atoms with Crippen molar-refractivity contribution >= 4 is 0 Å². The molecule has 3 heteroatoms. The smallest absolute Gasteiger partial charge is 0.108 e. The summed E-state index contributed by atoms with van der Waals surface area (Å²) in [6.45, 7) is 0. The fraction of sp³-hybridized carbons (Fsp3) is 0.471. The van der Waals surface area contributed by atoms with E-state index < -0.39 is 0 Å². The van der Waals surface area contributed by atoms with Crippen molar-refractivity contribution in [1.82, 2.24) is 14.9 Å². The van der Waals surface area contributed by atoms with Gasteiger partial charge >= 0.3 is 0 Å². The van der Waals surface area contributed by atoms with Gasteiger partial charge in [-0.2, -0.15) is 0 Å². The number of nitrogens with zero attached hydrogens (tertiary/aromatic N) is 2. The van der Waals surface area contributed by atoms with Gasteiger partial charge in [-0.25, -0.2) is 4.98 Å². The van der Waals surface area contributed by atoms with E-state index in [0.29, 0.717) is 11.5 Å². The molecule has 0 bridgehead atoms. The van der Waals surface area contributed by atoms with Gasteiger partial charge in [0.25, 0.3) is 0 Å². The lowest BCUT2D eigenvalue weighted by atomic mass is 9.85. The van der Waals surface area contributed by atoms with Crippen LogP contribution in [0.4, 0.5) is 0 Å². The van der Waals surface area contributed by atoms with Crippen LogP contribution in [-0.4, -0.2) is 22.6 Å². The molecule has 20 heavy (non-hydrogen) atoms. The van der Waals surface area contributed by atoms with Crippen LogP contribution >= 0.6 is 0 Å². The van der Waals surface area contributed by atoms with Crippen molar-refractivity contribution in [2.24, 2.45) is 7.05 Å². The Morgan fingerprint density at radius 2 is 2.05 bits per heavy atom. The van der Waals surface area contributed by atoms with Crippen molar-refractivity contribution in [1.29, 1.82) is 0 Å². The van der Waals surface area contributed by atoms with Crippen LogP contribution in [0.15, 0.2) is 42.7 Å². The first-order valence-electron chi connectivity index (χ1n) is 7.45. The Kier molecular flexibility index (Phi) is 3.62. The van der Waals surface area contributed by atoms with Crippen molar-refractivity contribution in [3.63, 3.8) is 0 Å². The fourth-order valence-corrected chi connectivity index (χ4v) is 3.35. The van der Waals surface area contributed by atoms with Crippen LogP contribution in [-0.2, 0) is 18.9 Å². The van der Waals surface area contributed by atoms with E-state index in [9.17, 15) is 0 Å². The van der Waals surface area contributed by atoms with Crippen LogP contribution in [0.25, 0.3) is 0 Å². The van der Waals surface area contributed by atoms with Crippen LogP contribution in [0, 0.1) is 0 Å². The second-order valence-corrected chi connectivity index (χ2v) is 5.86. The molecule has 0 aliphatic heterocycles. The average molecular weight is 269 g/mol. The SMILES string of the molecule is CNC(CCc1nccn1C)C1(c2ccccc2)CC1. The summed E-state index contributed by atoms with van der Waals surface area (Å²) in [5, 5.41) is 3.55. The van der Waals surface area contributed by atoms with Crippen molar-refractivity contribution in [3.8, 4) is 0 Å². The number of imidazole rings is 1. The second-order valence-electron chi connectivity index (χ2n) is 5.86. The highest BCUT2D eigenvalue weighted by molar-refractivity contribution is 5.33. The molecule has 1 aromatic carbocycles. The Morgan fingerprint density at radius 1 is 1.30 bits per heavy atom. The number of nitrogens with one attached hydrogen (secondary N) is 1. The molecule has 1 N–H and O–H groups in total. The number of aromatic nitrogens is 2. The minimum Gasteiger partial charge on any atom is -0.338 e. The van der Waals surface area contributed by atoms with E-state index in [1.165, 1.54) is 24.2 Å². The van der Waals surface area contributed by atoms with Gasteiger partial charge in [-0.3, -0.25) is 0 Å². The molecule has 1 heterocycles. The first-order chi connectivity index (χ1) is 9.76. The molecule has 1 unspecified atom stereocenters. The third-order valence-corrected chi connectivity index (χ3v) is 4.73. The fourth-order valence-electron chi connectivity index (χ4n) is 3.35. The molecule has 106 valence electrons. The van der Waals surface area contributed by atoms with Gasteiger partial charge in [0.15, 0.2) is 0 Å². The number of hydrogen-bond donors (Lipinski definition) is 1. The molecular formula is C17H23N3. The lowest BCUT2D eigenvalue weighted by Crippen LogP contribution is -2.38. The summed E-state index contributed by atoms with van der Waals surface area (Å²) in [5.41, 5.74) is 1.83. The summed E-state index contributed by atoms with van der Waals surface area (Å²) in [7, 11) is 4.16. The van der Waals surface area contributed by atoms with Crippen LogP contribution < -0.4 is 5.32 Å². The van der Waals surface area contributed by atoms with Crippen molar-refractivity contribution in [2.45, 2.75) is 37.1 Å². The maximum atomic E-state index is 4.43. The average Bonchev–Trinajstić information content (AvgIpc) is 3.19. The predicted octanol–water partition coefficient (Wildman–Crippen LogP) is 2.67. The minimum absolute atomic E-state index is 0.348. The van der Waals surface area contributed by atoms with E-state index in [2.05, 4.69) is 59.3 Å². The number of aryl methyl sites for hydroxylation is 2. The molecule has 0 saturated heterocycles. The zero-order valence-corrected chi connectivity index (χ0v) is 12.3. The van der Waals surface area contributed by atoms with Crippen molar-refractivity contribution in [2.75, 3.05) is 7.05 Å². The maximum Gasteiger partial charge on any atom is 0.108 e. The molecule has 1 aromatic heterocycles. The topological polar surface area (TPSA) is 29.9 Å². The molecule has 1 aliphatic rings. The van der Waals surface area contributed by atoms with Gasteiger partial charge in [0, 0.05) is 37.3 Å². The molecule has 3 rings (SSSR count). The molecular weight excluding hydrogens is 246 g/mol. The van der Waals surface area contributed by atoms with Gasteiger partial charge in [-0.1, -0.05) is 30.3 Å². The molecule has 1 aliphatic carbocycles. The summed E-state index contributed by atoms with van der Waals surface area (Å²) < 4.78 is 2.12. The number of rotatable bonds is 6. The molecule has 1 atom stereocenters. The number of benzene rings is 1. The maximum absolute atomic E-state index is 4.43. The molecule has 0 amide bonds. The first kappa shape index (κ1) is 13.4. The van der Waals surface area contributed by atoms with E-state index in [1.807, 2.05) is 12.4 Å². The van der Waals surface area contributed by atoms with Gasteiger partial charge in [-0.05, 0) is 31.9 Å². The monoisotopic (exact) mass is 269 g/mol. The van der Waals surface area contributed by atoms with Gasteiger partial charge in [-0.15, -0.1) is 0 Å². The second kappa shape index (κ2) is 5.41. The standard InChI is InChI=1S/C17H23N3/c1-18-15(8-9-16-19-12-13-20(16)2)17(10-11-17)14-6-4-3-5-7-14/h3-7,12-13,15,18H,8-11H2,1-2H3. The molecule has 0 radical (unpaired) electrons.